The van der Waals surface area contributed by atoms with E-state index in [9.17, 15) is 0 Å². The fourth-order valence-electron chi connectivity index (χ4n) is 1.53. The van der Waals surface area contributed by atoms with Crippen LogP contribution < -0.4 is 0 Å². The minimum atomic E-state index is 0.690. The molecule has 3 nitrogen and oxygen atoms in total. The van der Waals surface area contributed by atoms with Gasteiger partial charge in [0.1, 0.15) is 12.3 Å². The van der Waals surface area contributed by atoms with Gasteiger partial charge in [-0.05, 0) is 24.1 Å². The Balaban J connectivity index is 2.21. The largest absolute Gasteiger partial charge is 0.474 e. The van der Waals surface area contributed by atoms with Gasteiger partial charge < -0.3 is 4.74 Å². The Bertz CT molecular complexity index is 347. The zero-order valence-electron chi connectivity index (χ0n) is 8.36. The molecule has 0 N–H and O–H groups in total. The molecule has 0 bridgehead atoms. The Hall–Kier alpha value is -1.38. The summed E-state index contributed by atoms with van der Waals surface area (Å²) in [6.45, 7) is 3.62. The summed E-state index contributed by atoms with van der Waals surface area (Å²) in [5.41, 5.74) is 2.17. The molecule has 3 heteroatoms. The van der Waals surface area contributed by atoms with Gasteiger partial charge in [0.15, 0.2) is 0 Å². The van der Waals surface area contributed by atoms with Crippen LogP contribution in [0, 0.1) is 0 Å². The number of aliphatic imine (C=N–C) groups is 1. The molecule has 0 aromatic carbocycles. The number of hydrogen-bond acceptors (Lipinski definition) is 3. The van der Waals surface area contributed by atoms with E-state index >= 15 is 0 Å². The van der Waals surface area contributed by atoms with Crippen molar-refractivity contribution in [3.05, 3.63) is 29.6 Å². The number of ether oxygens (including phenoxy) is 1. The molecule has 74 valence electrons. The van der Waals surface area contributed by atoms with Crippen LogP contribution in [0.4, 0.5) is 0 Å². The smallest absolute Gasteiger partial charge is 0.235 e. The van der Waals surface area contributed by atoms with Gasteiger partial charge in [-0.2, -0.15) is 0 Å². The van der Waals surface area contributed by atoms with E-state index in [2.05, 4.69) is 23.0 Å². The molecule has 1 aromatic rings. The van der Waals surface area contributed by atoms with E-state index in [0.29, 0.717) is 12.5 Å². The second kappa shape index (κ2) is 4.22. The summed E-state index contributed by atoms with van der Waals surface area (Å²) in [6.07, 6.45) is 4.06. The van der Waals surface area contributed by atoms with Crippen molar-refractivity contribution >= 4 is 5.90 Å². The lowest BCUT2D eigenvalue weighted by Gasteiger charge is -2.03. The first kappa shape index (κ1) is 9.19. The van der Waals surface area contributed by atoms with Gasteiger partial charge in [-0.3, -0.25) is 4.98 Å². The number of pyridine rings is 1. The maximum absolute atomic E-state index is 5.36. The van der Waals surface area contributed by atoms with Crippen molar-refractivity contribution in [3.8, 4) is 0 Å². The highest BCUT2D eigenvalue weighted by molar-refractivity contribution is 5.93. The quantitative estimate of drug-likeness (QED) is 0.728. The number of nitrogens with zero attached hydrogens (tertiary/aromatic N) is 2. The predicted octanol–water partition coefficient (Wildman–Crippen LogP) is 1.81. The number of hydrogen-bond donors (Lipinski definition) is 0. The highest BCUT2D eigenvalue weighted by atomic mass is 16.5. The van der Waals surface area contributed by atoms with E-state index < -0.39 is 0 Å². The van der Waals surface area contributed by atoms with E-state index in [-0.39, 0.29) is 0 Å². The molecule has 0 saturated heterocycles. The van der Waals surface area contributed by atoms with Gasteiger partial charge in [-0.25, -0.2) is 4.99 Å². The second-order valence-corrected chi connectivity index (χ2v) is 3.33. The van der Waals surface area contributed by atoms with Crippen molar-refractivity contribution in [2.75, 3.05) is 13.2 Å². The van der Waals surface area contributed by atoms with Gasteiger partial charge in [0.05, 0.1) is 6.54 Å². The lowest BCUT2D eigenvalue weighted by molar-refractivity contribution is 0.347. The van der Waals surface area contributed by atoms with Crippen LogP contribution in [0.25, 0.3) is 0 Å². The Morgan fingerprint density at radius 1 is 1.50 bits per heavy atom. The Labute approximate surface area is 83.8 Å². The molecule has 1 aliphatic rings. The van der Waals surface area contributed by atoms with Gasteiger partial charge in [-0.1, -0.05) is 13.3 Å². The maximum Gasteiger partial charge on any atom is 0.235 e. The lowest BCUT2D eigenvalue weighted by atomic mass is 10.1. The van der Waals surface area contributed by atoms with E-state index in [0.717, 1.165) is 25.1 Å². The first-order chi connectivity index (χ1) is 6.90. The molecule has 0 saturated carbocycles. The molecule has 14 heavy (non-hydrogen) atoms. The lowest BCUT2D eigenvalue weighted by Crippen LogP contribution is -2.04. The number of aryl methyl sites for hydroxylation is 1. The normalized spacial score (nSPS) is 15.1. The summed E-state index contributed by atoms with van der Waals surface area (Å²) in [4.78, 5) is 8.49. The van der Waals surface area contributed by atoms with Crippen LogP contribution >= 0.6 is 0 Å². The first-order valence-electron chi connectivity index (χ1n) is 5.02. The molecule has 1 aromatic heterocycles. The molecular weight excluding hydrogens is 176 g/mol. The van der Waals surface area contributed by atoms with E-state index in [1.165, 1.54) is 5.56 Å². The summed E-state index contributed by atoms with van der Waals surface area (Å²) < 4.78 is 5.36. The van der Waals surface area contributed by atoms with Crippen molar-refractivity contribution in [3.63, 3.8) is 0 Å². The Morgan fingerprint density at radius 3 is 3.14 bits per heavy atom. The van der Waals surface area contributed by atoms with Gasteiger partial charge >= 0.3 is 0 Å². The molecule has 0 aliphatic carbocycles. The summed E-state index contributed by atoms with van der Waals surface area (Å²) in [7, 11) is 0. The van der Waals surface area contributed by atoms with Crippen molar-refractivity contribution in [1.29, 1.82) is 0 Å². The molecule has 0 amide bonds. The SMILES string of the molecule is CCCc1ccnc(C2=NCCO2)c1. The second-order valence-electron chi connectivity index (χ2n) is 3.33. The highest BCUT2D eigenvalue weighted by Crippen LogP contribution is 2.08. The van der Waals surface area contributed by atoms with Crippen LogP contribution in [0.5, 0.6) is 0 Å². The molecule has 0 fully saturated rings. The van der Waals surface area contributed by atoms with Crippen LogP contribution in [-0.2, 0) is 11.2 Å². The molecular formula is C11H14N2O. The van der Waals surface area contributed by atoms with Crippen molar-refractivity contribution in [2.24, 2.45) is 4.99 Å². The Kier molecular flexibility index (Phi) is 2.77. The molecule has 0 spiro atoms. The van der Waals surface area contributed by atoms with Gasteiger partial charge in [-0.15, -0.1) is 0 Å². The zero-order chi connectivity index (χ0) is 9.80. The van der Waals surface area contributed by atoms with E-state index in [1.54, 1.807) is 0 Å². The summed E-state index contributed by atoms with van der Waals surface area (Å²) in [6, 6.07) is 4.11. The van der Waals surface area contributed by atoms with Crippen LogP contribution in [0.1, 0.15) is 24.6 Å². The maximum atomic E-state index is 5.36. The first-order valence-corrected chi connectivity index (χ1v) is 5.02. The van der Waals surface area contributed by atoms with Gasteiger partial charge in [0.2, 0.25) is 5.90 Å². The van der Waals surface area contributed by atoms with Crippen LogP contribution in [-0.4, -0.2) is 24.0 Å². The predicted molar refractivity (Wildman–Crippen MR) is 55.6 cm³/mol. The molecule has 2 rings (SSSR count). The van der Waals surface area contributed by atoms with E-state index in [4.69, 9.17) is 4.74 Å². The monoisotopic (exact) mass is 190 g/mol. The number of rotatable bonds is 3. The molecule has 0 unspecified atom stereocenters. The average Bonchev–Trinajstić information content (AvgIpc) is 2.71. The third-order valence-electron chi connectivity index (χ3n) is 2.17. The summed E-state index contributed by atoms with van der Waals surface area (Å²) in [5.74, 6) is 0.697. The summed E-state index contributed by atoms with van der Waals surface area (Å²) >= 11 is 0. The Morgan fingerprint density at radius 2 is 2.43 bits per heavy atom. The zero-order valence-corrected chi connectivity index (χ0v) is 8.36. The minimum absolute atomic E-state index is 0.690. The molecule has 2 heterocycles. The van der Waals surface area contributed by atoms with Crippen molar-refractivity contribution < 1.29 is 4.74 Å². The third kappa shape index (κ3) is 1.92. The fraction of sp³-hybridized carbons (Fsp3) is 0.455. The van der Waals surface area contributed by atoms with Gasteiger partial charge in [0, 0.05) is 6.20 Å². The minimum Gasteiger partial charge on any atom is -0.474 e. The van der Waals surface area contributed by atoms with Crippen molar-refractivity contribution in [1.82, 2.24) is 4.98 Å². The molecule has 1 aliphatic heterocycles. The third-order valence-corrected chi connectivity index (χ3v) is 2.17. The van der Waals surface area contributed by atoms with E-state index in [1.807, 2.05) is 12.3 Å². The highest BCUT2D eigenvalue weighted by Gasteiger charge is 2.11. The average molecular weight is 190 g/mol. The van der Waals surface area contributed by atoms with Crippen LogP contribution in [0.15, 0.2) is 23.3 Å². The standard InChI is InChI=1S/C11H14N2O/c1-2-3-9-4-5-12-10(8-9)11-13-6-7-14-11/h4-5,8H,2-3,6-7H2,1H3. The summed E-state index contributed by atoms with van der Waals surface area (Å²) in [5, 5.41) is 0. The topological polar surface area (TPSA) is 34.5 Å². The molecule has 0 radical (unpaired) electrons. The number of aromatic nitrogens is 1. The van der Waals surface area contributed by atoms with Gasteiger partial charge in [0.25, 0.3) is 0 Å². The fourth-order valence-corrected chi connectivity index (χ4v) is 1.53. The van der Waals surface area contributed by atoms with Crippen molar-refractivity contribution in [2.45, 2.75) is 19.8 Å². The van der Waals surface area contributed by atoms with Crippen LogP contribution in [0.3, 0.4) is 0 Å². The van der Waals surface area contributed by atoms with Crippen LogP contribution in [0.2, 0.25) is 0 Å². The molecule has 0 atom stereocenters.